The zero-order chi connectivity index (χ0) is 13.5. The molecular formula is C14H21NO2S. The van der Waals surface area contributed by atoms with Crippen LogP contribution in [0.15, 0.2) is 18.2 Å². The molecule has 0 radical (unpaired) electrons. The number of amides is 1. The third-order valence-corrected chi connectivity index (χ3v) is 3.93. The molecular weight excluding hydrogens is 246 g/mol. The smallest absolute Gasteiger partial charge is 0.216 e. The molecule has 0 fully saturated rings. The molecule has 1 amide bonds. The minimum absolute atomic E-state index is 0.0323. The Labute approximate surface area is 111 Å². The van der Waals surface area contributed by atoms with Gasteiger partial charge in [0.25, 0.3) is 0 Å². The largest absolute Gasteiger partial charge is 0.356 e. The molecule has 1 rings (SSSR count). The van der Waals surface area contributed by atoms with Gasteiger partial charge in [-0.3, -0.25) is 9.00 Å². The molecule has 0 saturated heterocycles. The Morgan fingerprint density at radius 2 is 1.83 bits per heavy atom. The van der Waals surface area contributed by atoms with Crippen molar-refractivity contribution in [1.82, 2.24) is 5.32 Å². The average Bonchev–Trinajstić information content (AvgIpc) is 2.22. The highest BCUT2D eigenvalue weighted by molar-refractivity contribution is 7.84. The Morgan fingerprint density at radius 3 is 2.39 bits per heavy atom. The molecule has 1 aromatic carbocycles. The van der Waals surface area contributed by atoms with Crippen molar-refractivity contribution in [3.05, 3.63) is 34.9 Å². The van der Waals surface area contributed by atoms with Crippen LogP contribution in [0, 0.1) is 13.8 Å². The molecule has 0 unspecified atom stereocenters. The van der Waals surface area contributed by atoms with Crippen LogP contribution in [-0.2, 0) is 21.3 Å². The Kier molecular flexibility index (Phi) is 6.05. The number of hydrogen-bond donors (Lipinski definition) is 1. The van der Waals surface area contributed by atoms with Gasteiger partial charge < -0.3 is 5.32 Å². The fourth-order valence-electron chi connectivity index (χ4n) is 1.91. The number of carbonyl (C=O) groups is 1. The summed E-state index contributed by atoms with van der Waals surface area (Å²) in [6.45, 7) is 6.20. The van der Waals surface area contributed by atoms with Crippen LogP contribution < -0.4 is 5.32 Å². The number of rotatable bonds is 6. The third-order valence-electron chi connectivity index (χ3n) is 2.53. The molecule has 4 heteroatoms. The predicted molar refractivity (Wildman–Crippen MR) is 75.9 cm³/mol. The van der Waals surface area contributed by atoms with E-state index < -0.39 is 10.8 Å². The van der Waals surface area contributed by atoms with Crippen molar-refractivity contribution in [2.45, 2.75) is 32.9 Å². The first-order valence-corrected chi connectivity index (χ1v) is 7.63. The van der Waals surface area contributed by atoms with E-state index in [0.717, 1.165) is 12.0 Å². The van der Waals surface area contributed by atoms with Gasteiger partial charge in [0.2, 0.25) is 5.91 Å². The molecule has 18 heavy (non-hydrogen) atoms. The lowest BCUT2D eigenvalue weighted by Gasteiger charge is -2.06. The van der Waals surface area contributed by atoms with Crippen LogP contribution in [0.25, 0.3) is 0 Å². The van der Waals surface area contributed by atoms with Crippen molar-refractivity contribution < 1.29 is 9.00 Å². The van der Waals surface area contributed by atoms with Crippen molar-refractivity contribution in [3.8, 4) is 0 Å². The summed E-state index contributed by atoms with van der Waals surface area (Å²) in [4.78, 5) is 10.7. The second-order valence-electron chi connectivity index (χ2n) is 4.62. The molecule has 0 aliphatic heterocycles. The van der Waals surface area contributed by atoms with E-state index >= 15 is 0 Å². The van der Waals surface area contributed by atoms with E-state index in [1.54, 1.807) is 0 Å². The highest BCUT2D eigenvalue weighted by Gasteiger charge is 2.03. The van der Waals surface area contributed by atoms with E-state index in [-0.39, 0.29) is 5.91 Å². The number of aryl methyl sites for hydroxylation is 2. The summed E-state index contributed by atoms with van der Waals surface area (Å²) < 4.78 is 11.9. The molecule has 1 atom stereocenters. The van der Waals surface area contributed by atoms with Crippen LogP contribution in [0.1, 0.15) is 30.0 Å². The predicted octanol–water partition coefficient (Wildman–Crippen LogP) is 2.08. The summed E-state index contributed by atoms with van der Waals surface area (Å²) in [7, 11) is -0.854. The van der Waals surface area contributed by atoms with E-state index in [4.69, 9.17) is 0 Å². The maximum absolute atomic E-state index is 11.9. The van der Waals surface area contributed by atoms with E-state index in [1.807, 2.05) is 0 Å². The fraction of sp³-hybridized carbons (Fsp3) is 0.500. The van der Waals surface area contributed by atoms with Crippen molar-refractivity contribution in [2.24, 2.45) is 0 Å². The molecule has 0 aromatic heterocycles. The molecule has 0 heterocycles. The number of hydrogen-bond acceptors (Lipinski definition) is 2. The van der Waals surface area contributed by atoms with E-state index in [1.165, 1.54) is 18.1 Å². The van der Waals surface area contributed by atoms with Crippen molar-refractivity contribution in [1.29, 1.82) is 0 Å². The molecule has 3 nitrogen and oxygen atoms in total. The minimum atomic E-state index is -0.854. The van der Waals surface area contributed by atoms with Crippen LogP contribution in [0.5, 0.6) is 0 Å². The SMILES string of the molecule is CC(=O)NCCC[S@@](=O)Cc1cc(C)cc(C)c1. The zero-order valence-electron chi connectivity index (χ0n) is 11.3. The second kappa shape index (κ2) is 7.31. The maximum Gasteiger partial charge on any atom is 0.216 e. The van der Waals surface area contributed by atoms with Crippen LogP contribution in [0.3, 0.4) is 0 Å². The molecule has 100 valence electrons. The molecule has 0 aliphatic carbocycles. The molecule has 1 aromatic rings. The van der Waals surface area contributed by atoms with Crippen LogP contribution in [0.2, 0.25) is 0 Å². The lowest BCUT2D eigenvalue weighted by atomic mass is 10.1. The highest BCUT2D eigenvalue weighted by Crippen LogP contribution is 2.11. The fourth-order valence-corrected chi connectivity index (χ4v) is 3.06. The monoisotopic (exact) mass is 267 g/mol. The van der Waals surface area contributed by atoms with Crippen molar-refractivity contribution in [3.63, 3.8) is 0 Å². The first-order chi connectivity index (χ1) is 8.47. The van der Waals surface area contributed by atoms with E-state index in [0.29, 0.717) is 18.1 Å². The lowest BCUT2D eigenvalue weighted by molar-refractivity contribution is -0.118. The molecule has 0 aliphatic rings. The van der Waals surface area contributed by atoms with Crippen molar-refractivity contribution >= 4 is 16.7 Å². The molecule has 0 saturated carbocycles. The Hall–Kier alpha value is -1.16. The summed E-state index contributed by atoms with van der Waals surface area (Å²) in [6.07, 6.45) is 0.761. The van der Waals surface area contributed by atoms with Gasteiger partial charge in [-0.15, -0.1) is 0 Å². The summed E-state index contributed by atoms with van der Waals surface area (Å²) >= 11 is 0. The average molecular weight is 267 g/mol. The van der Waals surface area contributed by atoms with Crippen LogP contribution in [-0.4, -0.2) is 22.4 Å². The highest BCUT2D eigenvalue weighted by atomic mass is 32.2. The quantitative estimate of drug-likeness (QED) is 0.802. The summed E-state index contributed by atoms with van der Waals surface area (Å²) in [6, 6.07) is 6.28. The number of benzene rings is 1. The Morgan fingerprint density at radius 1 is 1.22 bits per heavy atom. The summed E-state index contributed by atoms with van der Waals surface area (Å²) in [5.74, 6) is 1.20. The van der Waals surface area contributed by atoms with E-state index in [2.05, 4.69) is 37.4 Å². The number of carbonyl (C=O) groups excluding carboxylic acids is 1. The van der Waals surface area contributed by atoms with Gasteiger partial charge in [0.05, 0.1) is 0 Å². The lowest BCUT2D eigenvalue weighted by Crippen LogP contribution is -2.22. The van der Waals surface area contributed by atoms with E-state index in [9.17, 15) is 9.00 Å². The van der Waals surface area contributed by atoms with Gasteiger partial charge >= 0.3 is 0 Å². The second-order valence-corrected chi connectivity index (χ2v) is 6.20. The summed E-state index contributed by atoms with van der Waals surface area (Å²) in [5.41, 5.74) is 3.55. The zero-order valence-corrected chi connectivity index (χ0v) is 12.1. The van der Waals surface area contributed by atoms with Gasteiger partial charge in [0, 0.05) is 35.8 Å². The van der Waals surface area contributed by atoms with Gasteiger partial charge in [-0.05, 0) is 25.8 Å². The van der Waals surface area contributed by atoms with Crippen LogP contribution in [0.4, 0.5) is 0 Å². The first kappa shape index (κ1) is 14.9. The van der Waals surface area contributed by atoms with Gasteiger partial charge in [-0.25, -0.2) is 0 Å². The topological polar surface area (TPSA) is 46.2 Å². The van der Waals surface area contributed by atoms with Gasteiger partial charge in [-0.1, -0.05) is 29.3 Å². The molecule has 0 spiro atoms. The van der Waals surface area contributed by atoms with Crippen LogP contribution >= 0.6 is 0 Å². The van der Waals surface area contributed by atoms with Gasteiger partial charge in [-0.2, -0.15) is 0 Å². The normalized spacial score (nSPS) is 12.2. The summed E-state index contributed by atoms with van der Waals surface area (Å²) in [5, 5.41) is 2.71. The standard InChI is InChI=1S/C14H21NO2S/c1-11-7-12(2)9-14(8-11)10-18(17)6-4-5-15-13(3)16/h7-9H,4-6,10H2,1-3H3,(H,15,16)/t18-/m1/s1. The van der Waals surface area contributed by atoms with Gasteiger partial charge in [0.1, 0.15) is 0 Å². The van der Waals surface area contributed by atoms with Crippen molar-refractivity contribution in [2.75, 3.05) is 12.3 Å². The van der Waals surface area contributed by atoms with Gasteiger partial charge in [0.15, 0.2) is 0 Å². The Bertz CT molecular complexity index is 423. The first-order valence-electron chi connectivity index (χ1n) is 6.14. The number of nitrogens with one attached hydrogen (secondary N) is 1. The maximum atomic E-state index is 11.9. The third kappa shape index (κ3) is 5.96. The Balaban J connectivity index is 2.37. The molecule has 1 N–H and O–H groups in total. The molecule has 0 bridgehead atoms. The minimum Gasteiger partial charge on any atom is -0.356 e.